The molecule has 21 heavy (non-hydrogen) atoms. The molecule has 0 aliphatic heterocycles. The maximum absolute atomic E-state index is 10.3. The van der Waals surface area contributed by atoms with E-state index in [4.69, 9.17) is 0 Å². The first-order valence-electron chi connectivity index (χ1n) is 7.22. The molecule has 0 aliphatic carbocycles. The zero-order valence-corrected chi connectivity index (χ0v) is 14.9. The van der Waals surface area contributed by atoms with E-state index in [1.807, 2.05) is 35.6 Å². The first-order chi connectivity index (χ1) is 10.1. The highest BCUT2D eigenvalue weighted by atomic mass is 79.9. The second-order valence-corrected chi connectivity index (χ2v) is 7.42. The molecule has 1 aromatic carbocycles. The molecule has 114 valence electrons. The summed E-state index contributed by atoms with van der Waals surface area (Å²) in [6, 6.07) is 12.7. The summed E-state index contributed by atoms with van der Waals surface area (Å²) < 4.78 is 1.01. The van der Waals surface area contributed by atoms with Crippen molar-refractivity contribution in [1.29, 1.82) is 0 Å². The van der Waals surface area contributed by atoms with Gasteiger partial charge in [-0.1, -0.05) is 34.1 Å². The Bertz CT molecular complexity index is 543. The van der Waals surface area contributed by atoms with Crippen LogP contribution in [0, 0.1) is 0 Å². The molecule has 2 nitrogen and oxygen atoms in total. The average molecular weight is 368 g/mol. The minimum absolute atomic E-state index is 0.404. The molecule has 2 aromatic rings. The number of hydrogen-bond acceptors (Lipinski definition) is 3. The second-order valence-electron chi connectivity index (χ2n) is 5.47. The molecule has 1 aromatic heterocycles. The molecule has 0 amide bonds. The van der Waals surface area contributed by atoms with Gasteiger partial charge in [0.05, 0.1) is 6.10 Å². The summed E-state index contributed by atoms with van der Waals surface area (Å²) in [7, 11) is 2.13. The van der Waals surface area contributed by atoms with Crippen molar-refractivity contribution in [2.24, 2.45) is 0 Å². The van der Waals surface area contributed by atoms with Gasteiger partial charge >= 0.3 is 0 Å². The van der Waals surface area contributed by atoms with Gasteiger partial charge in [0, 0.05) is 21.9 Å². The van der Waals surface area contributed by atoms with Crippen molar-refractivity contribution in [3.05, 3.63) is 56.7 Å². The largest absolute Gasteiger partial charge is 0.388 e. The molecule has 0 fully saturated rings. The van der Waals surface area contributed by atoms with Crippen LogP contribution in [-0.4, -0.2) is 29.6 Å². The molecule has 0 spiro atoms. The van der Waals surface area contributed by atoms with Crippen molar-refractivity contribution >= 4 is 27.3 Å². The van der Waals surface area contributed by atoms with Crippen molar-refractivity contribution in [2.45, 2.75) is 31.9 Å². The Labute approximate surface area is 139 Å². The summed E-state index contributed by atoms with van der Waals surface area (Å²) >= 11 is 5.26. The van der Waals surface area contributed by atoms with Crippen LogP contribution >= 0.6 is 27.3 Å². The number of thiophene rings is 1. The van der Waals surface area contributed by atoms with Gasteiger partial charge in [-0.15, -0.1) is 11.3 Å². The van der Waals surface area contributed by atoms with Crippen LogP contribution in [0.2, 0.25) is 0 Å². The Balaban J connectivity index is 1.81. The van der Waals surface area contributed by atoms with E-state index in [0.29, 0.717) is 6.04 Å². The molecule has 0 saturated heterocycles. The molecule has 1 heterocycles. The molecule has 2 atom stereocenters. The normalized spacial score (nSPS) is 14.3. The molecule has 2 rings (SSSR count). The predicted molar refractivity (Wildman–Crippen MR) is 93.8 cm³/mol. The third-order valence-electron chi connectivity index (χ3n) is 3.82. The van der Waals surface area contributed by atoms with Gasteiger partial charge in [0.25, 0.3) is 0 Å². The summed E-state index contributed by atoms with van der Waals surface area (Å²) in [5.41, 5.74) is 0.976. The standard InChI is InChI=1S/C17H22BrNOS/c1-13(11-16-7-4-10-21-16)19(2)9-8-17(20)14-5-3-6-15(18)12-14/h3-7,10,12-13,17,20H,8-9,11H2,1-2H3. The van der Waals surface area contributed by atoms with E-state index in [-0.39, 0.29) is 0 Å². The van der Waals surface area contributed by atoms with E-state index < -0.39 is 6.10 Å². The van der Waals surface area contributed by atoms with E-state index in [9.17, 15) is 5.11 Å². The number of halogens is 1. The maximum atomic E-state index is 10.3. The van der Waals surface area contributed by atoms with Gasteiger partial charge in [0.15, 0.2) is 0 Å². The third kappa shape index (κ3) is 5.22. The Morgan fingerprint density at radius 1 is 1.29 bits per heavy atom. The lowest BCUT2D eigenvalue weighted by atomic mass is 10.1. The third-order valence-corrected chi connectivity index (χ3v) is 5.21. The zero-order chi connectivity index (χ0) is 15.2. The number of nitrogens with zero attached hydrogens (tertiary/aromatic N) is 1. The molecular formula is C17H22BrNOS. The zero-order valence-electron chi connectivity index (χ0n) is 12.5. The number of likely N-dealkylation sites (N-methyl/N-ethyl adjacent to an activating group) is 1. The van der Waals surface area contributed by atoms with E-state index in [0.717, 1.165) is 29.4 Å². The van der Waals surface area contributed by atoms with Gasteiger partial charge in [-0.2, -0.15) is 0 Å². The van der Waals surface area contributed by atoms with Crippen LogP contribution in [0.1, 0.15) is 29.9 Å². The van der Waals surface area contributed by atoms with Crippen LogP contribution in [0.15, 0.2) is 46.3 Å². The van der Waals surface area contributed by atoms with Crippen molar-refractivity contribution in [3.8, 4) is 0 Å². The van der Waals surface area contributed by atoms with Crippen molar-refractivity contribution in [3.63, 3.8) is 0 Å². The Hall–Kier alpha value is -0.680. The Morgan fingerprint density at radius 3 is 2.76 bits per heavy atom. The van der Waals surface area contributed by atoms with Gasteiger partial charge in [-0.25, -0.2) is 0 Å². The lowest BCUT2D eigenvalue weighted by molar-refractivity contribution is 0.139. The lowest BCUT2D eigenvalue weighted by Crippen LogP contribution is -2.32. The number of aliphatic hydroxyl groups is 1. The maximum Gasteiger partial charge on any atom is 0.0802 e. The average Bonchev–Trinajstić information content (AvgIpc) is 2.97. The Kier molecular flexibility index (Phi) is 6.42. The number of rotatable bonds is 7. The molecule has 0 aliphatic rings. The van der Waals surface area contributed by atoms with E-state index >= 15 is 0 Å². The van der Waals surface area contributed by atoms with Crippen LogP contribution < -0.4 is 0 Å². The van der Waals surface area contributed by atoms with Crippen LogP contribution in [0.25, 0.3) is 0 Å². The summed E-state index contributed by atoms with van der Waals surface area (Å²) in [4.78, 5) is 3.74. The van der Waals surface area contributed by atoms with Gasteiger partial charge in [-0.05, 0) is 56.0 Å². The van der Waals surface area contributed by atoms with Crippen molar-refractivity contribution in [2.75, 3.05) is 13.6 Å². The fraction of sp³-hybridized carbons (Fsp3) is 0.412. The quantitative estimate of drug-likeness (QED) is 0.778. The van der Waals surface area contributed by atoms with Crippen LogP contribution in [0.3, 0.4) is 0 Å². The van der Waals surface area contributed by atoms with Gasteiger partial charge in [0.1, 0.15) is 0 Å². The summed E-state index contributed by atoms with van der Waals surface area (Å²) in [5.74, 6) is 0. The van der Waals surface area contributed by atoms with Crippen LogP contribution in [0.4, 0.5) is 0 Å². The van der Waals surface area contributed by atoms with Gasteiger partial charge < -0.3 is 10.0 Å². The first kappa shape index (κ1) is 16.7. The van der Waals surface area contributed by atoms with Crippen molar-refractivity contribution < 1.29 is 5.11 Å². The Morgan fingerprint density at radius 2 is 2.10 bits per heavy atom. The molecule has 0 saturated carbocycles. The summed E-state index contributed by atoms with van der Waals surface area (Å²) in [5, 5.41) is 12.4. The fourth-order valence-corrected chi connectivity index (χ4v) is 3.55. The minimum atomic E-state index is -0.404. The monoisotopic (exact) mass is 367 g/mol. The highest BCUT2D eigenvalue weighted by molar-refractivity contribution is 9.10. The first-order valence-corrected chi connectivity index (χ1v) is 8.89. The van der Waals surface area contributed by atoms with Crippen molar-refractivity contribution in [1.82, 2.24) is 4.90 Å². The number of benzene rings is 1. The molecule has 1 N–H and O–H groups in total. The molecule has 4 heteroatoms. The van der Waals surface area contributed by atoms with Crippen LogP contribution in [-0.2, 0) is 6.42 Å². The SMILES string of the molecule is CC(Cc1cccs1)N(C)CCC(O)c1cccc(Br)c1. The van der Waals surface area contributed by atoms with E-state index in [2.05, 4.69) is 52.3 Å². The topological polar surface area (TPSA) is 23.5 Å². The molecule has 0 radical (unpaired) electrons. The van der Waals surface area contributed by atoms with E-state index in [1.54, 1.807) is 0 Å². The predicted octanol–water partition coefficient (Wildman–Crippen LogP) is 4.50. The minimum Gasteiger partial charge on any atom is -0.388 e. The molecule has 2 unspecified atom stereocenters. The number of aliphatic hydroxyl groups excluding tert-OH is 1. The molecular weight excluding hydrogens is 346 g/mol. The highest BCUT2D eigenvalue weighted by Gasteiger charge is 2.14. The second kappa shape index (κ2) is 8.08. The smallest absolute Gasteiger partial charge is 0.0802 e. The fourth-order valence-electron chi connectivity index (χ4n) is 2.30. The molecule has 0 bridgehead atoms. The summed E-state index contributed by atoms with van der Waals surface area (Å²) in [6.45, 7) is 3.13. The lowest BCUT2D eigenvalue weighted by Gasteiger charge is -2.25. The summed E-state index contributed by atoms with van der Waals surface area (Å²) in [6.07, 6.45) is 1.42. The van der Waals surface area contributed by atoms with Crippen LogP contribution in [0.5, 0.6) is 0 Å². The van der Waals surface area contributed by atoms with E-state index in [1.165, 1.54) is 4.88 Å². The van der Waals surface area contributed by atoms with Gasteiger partial charge in [0.2, 0.25) is 0 Å². The highest BCUT2D eigenvalue weighted by Crippen LogP contribution is 2.21. The van der Waals surface area contributed by atoms with Gasteiger partial charge in [-0.3, -0.25) is 0 Å². The number of hydrogen-bond donors (Lipinski definition) is 1.